The fourth-order valence-corrected chi connectivity index (χ4v) is 9.19. The van der Waals surface area contributed by atoms with E-state index in [2.05, 4.69) is 208 Å². The molecule has 2 aromatic heterocycles. The Labute approximate surface area is 389 Å². The number of benzene rings is 10. The number of para-hydroxylation sites is 3. The van der Waals surface area contributed by atoms with Gasteiger partial charge in [-0.2, -0.15) is 0 Å². The Kier molecular flexibility index (Phi) is 10.1. The van der Waals surface area contributed by atoms with E-state index in [9.17, 15) is 0 Å². The maximum absolute atomic E-state index is 5.02. The van der Waals surface area contributed by atoms with Crippen LogP contribution in [-0.2, 0) is 0 Å². The first-order valence-electron chi connectivity index (χ1n) is 22.5. The van der Waals surface area contributed by atoms with Gasteiger partial charge in [-0.25, -0.2) is 15.0 Å². The van der Waals surface area contributed by atoms with E-state index in [1.54, 1.807) is 0 Å². The summed E-state index contributed by atoms with van der Waals surface area (Å²) in [5.74, 6) is 1.89. The van der Waals surface area contributed by atoms with Gasteiger partial charge in [0.2, 0.25) is 0 Å². The number of rotatable bonds is 10. The summed E-state index contributed by atoms with van der Waals surface area (Å²) in [6.45, 7) is 0. The van der Waals surface area contributed by atoms with Crippen molar-refractivity contribution in [2.75, 3.05) is 9.80 Å². The summed E-state index contributed by atoms with van der Waals surface area (Å²) < 4.78 is 2.37. The van der Waals surface area contributed by atoms with Crippen molar-refractivity contribution in [3.63, 3.8) is 0 Å². The Bertz CT molecular complexity index is 3570. The molecule has 0 spiro atoms. The largest absolute Gasteiger partial charge is 0.310 e. The zero-order valence-corrected chi connectivity index (χ0v) is 36.4. The summed E-state index contributed by atoms with van der Waals surface area (Å²) in [4.78, 5) is 19.7. The van der Waals surface area contributed by atoms with Gasteiger partial charge in [0.1, 0.15) is 0 Å². The van der Waals surface area contributed by atoms with Gasteiger partial charge in [-0.1, -0.05) is 146 Å². The molecule has 6 heteroatoms. The predicted molar refractivity (Wildman–Crippen MR) is 277 cm³/mol. The van der Waals surface area contributed by atoms with Crippen LogP contribution in [0.5, 0.6) is 0 Å². The fourth-order valence-electron chi connectivity index (χ4n) is 9.19. The van der Waals surface area contributed by atoms with Gasteiger partial charge in [0.15, 0.2) is 17.5 Å². The van der Waals surface area contributed by atoms with E-state index in [1.165, 1.54) is 10.8 Å². The van der Waals surface area contributed by atoms with Crippen LogP contribution < -0.4 is 9.80 Å². The fraction of sp³-hybridized carbons (Fsp3) is 0. The van der Waals surface area contributed by atoms with Gasteiger partial charge < -0.3 is 14.4 Å². The third kappa shape index (κ3) is 7.52. The van der Waals surface area contributed by atoms with Gasteiger partial charge >= 0.3 is 0 Å². The van der Waals surface area contributed by atoms with Crippen LogP contribution in [0.1, 0.15) is 0 Å². The van der Waals surface area contributed by atoms with Gasteiger partial charge in [-0.15, -0.1) is 0 Å². The molecule has 10 aromatic carbocycles. The Balaban J connectivity index is 1.04. The monoisotopic (exact) mass is 858 g/mol. The van der Waals surface area contributed by atoms with Crippen molar-refractivity contribution in [2.45, 2.75) is 0 Å². The molecule has 0 saturated heterocycles. The number of anilines is 6. The van der Waals surface area contributed by atoms with Crippen LogP contribution in [0.2, 0.25) is 0 Å². The van der Waals surface area contributed by atoms with Crippen LogP contribution in [0.3, 0.4) is 0 Å². The second-order valence-electron chi connectivity index (χ2n) is 16.5. The molecule has 0 aliphatic heterocycles. The quantitative estimate of drug-likeness (QED) is 0.137. The van der Waals surface area contributed by atoms with Crippen molar-refractivity contribution in [1.82, 2.24) is 19.5 Å². The maximum Gasteiger partial charge on any atom is 0.164 e. The van der Waals surface area contributed by atoms with Crippen molar-refractivity contribution in [2.24, 2.45) is 0 Å². The molecule has 2 heterocycles. The molecule has 6 nitrogen and oxygen atoms in total. The number of hydrogen-bond donors (Lipinski definition) is 0. The van der Waals surface area contributed by atoms with E-state index in [1.807, 2.05) is 60.7 Å². The van der Waals surface area contributed by atoms with Crippen molar-refractivity contribution < 1.29 is 0 Å². The topological polar surface area (TPSA) is 50.1 Å². The Morgan fingerprint density at radius 2 is 0.627 bits per heavy atom. The van der Waals surface area contributed by atoms with E-state index in [0.29, 0.717) is 17.5 Å². The highest BCUT2D eigenvalue weighted by Gasteiger charge is 2.21. The Hall–Kier alpha value is -9.13. The van der Waals surface area contributed by atoms with Crippen LogP contribution in [0.25, 0.3) is 72.4 Å². The summed E-state index contributed by atoms with van der Waals surface area (Å²) >= 11 is 0. The van der Waals surface area contributed by atoms with Gasteiger partial charge in [0.05, 0.1) is 11.0 Å². The molecule has 0 atom stereocenters. The molecule has 0 N–H and O–H groups in total. The number of hydrogen-bond acceptors (Lipinski definition) is 5. The minimum Gasteiger partial charge on any atom is -0.310 e. The van der Waals surface area contributed by atoms with E-state index in [-0.39, 0.29) is 0 Å². The van der Waals surface area contributed by atoms with Gasteiger partial charge in [-0.3, -0.25) is 0 Å². The average Bonchev–Trinajstić information content (AvgIpc) is 3.73. The second-order valence-corrected chi connectivity index (χ2v) is 16.5. The third-order valence-corrected chi connectivity index (χ3v) is 12.4. The van der Waals surface area contributed by atoms with Crippen molar-refractivity contribution in [3.8, 4) is 39.9 Å². The molecule has 0 saturated carbocycles. The zero-order valence-electron chi connectivity index (χ0n) is 36.4. The second kappa shape index (κ2) is 17.1. The summed E-state index contributed by atoms with van der Waals surface area (Å²) in [7, 11) is 0. The molecule has 67 heavy (non-hydrogen) atoms. The number of fused-ring (bicyclic) bond motifs is 4. The number of nitrogens with zero attached hydrogens (tertiary/aromatic N) is 6. The predicted octanol–water partition coefficient (Wildman–Crippen LogP) is 16.1. The van der Waals surface area contributed by atoms with E-state index in [0.717, 1.165) is 78.3 Å². The number of aromatic nitrogens is 4. The van der Waals surface area contributed by atoms with Crippen LogP contribution >= 0.6 is 0 Å². The van der Waals surface area contributed by atoms with Gasteiger partial charge in [0, 0.05) is 67.3 Å². The summed E-state index contributed by atoms with van der Waals surface area (Å²) in [5, 5.41) is 4.68. The molecular formula is C61H42N6. The molecule has 0 radical (unpaired) electrons. The normalized spacial score (nSPS) is 11.3. The molecule has 316 valence electrons. The molecule has 0 bridgehead atoms. The highest BCUT2D eigenvalue weighted by atomic mass is 15.2. The van der Waals surface area contributed by atoms with Crippen molar-refractivity contribution in [1.29, 1.82) is 0 Å². The Morgan fingerprint density at radius 3 is 1.09 bits per heavy atom. The smallest absolute Gasteiger partial charge is 0.164 e. The lowest BCUT2D eigenvalue weighted by Crippen LogP contribution is -2.09. The molecule has 12 rings (SSSR count). The molecule has 0 unspecified atom stereocenters. The van der Waals surface area contributed by atoms with Crippen LogP contribution in [0.4, 0.5) is 34.1 Å². The first kappa shape index (κ1) is 39.5. The summed E-state index contributed by atoms with van der Waals surface area (Å²) in [6.07, 6.45) is 0. The summed E-state index contributed by atoms with van der Waals surface area (Å²) in [6, 6.07) is 89.6. The standard InChI is InChI=1S/C61H42N6/c1-6-19-44(20-7-1)59-62-60(45-21-8-2-9-22-45)64-61(63-59)46-31-33-51(34-32-46)67-57-38-36-53(65(48-24-10-3-11-25-48)49-26-12-4-13-27-49)41-55(57)56-42-54(37-39-58(56)67)66(50-28-14-5-15-29-50)52-35-30-43-18-16-17-23-47(43)40-52/h1-42H. The molecule has 0 aliphatic carbocycles. The lowest BCUT2D eigenvalue weighted by atomic mass is 10.1. The zero-order chi connectivity index (χ0) is 44.5. The van der Waals surface area contributed by atoms with Crippen LogP contribution in [0.15, 0.2) is 255 Å². The first-order valence-corrected chi connectivity index (χ1v) is 22.5. The highest BCUT2D eigenvalue weighted by Crippen LogP contribution is 2.43. The van der Waals surface area contributed by atoms with E-state index < -0.39 is 0 Å². The van der Waals surface area contributed by atoms with Crippen LogP contribution in [0, 0.1) is 0 Å². The first-order chi connectivity index (χ1) is 33.2. The molecule has 12 aromatic rings. The minimum absolute atomic E-state index is 0.618. The van der Waals surface area contributed by atoms with E-state index in [4.69, 9.17) is 15.0 Å². The average molecular weight is 859 g/mol. The SMILES string of the molecule is c1ccc(-c2nc(-c3ccccc3)nc(-c3ccc(-n4c5ccc(N(c6ccccc6)c6ccccc6)cc5c5cc(N(c6ccccc6)c6ccc7ccccc7c6)ccc54)cc3)n2)cc1. The lowest BCUT2D eigenvalue weighted by molar-refractivity contribution is 1.07. The van der Waals surface area contributed by atoms with Crippen molar-refractivity contribution in [3.05, 3.63) is 255 Å². The van der Waals surface area contributed by atoms with Crippen molar-refractivity contribution >= 4 is 66.7 Å². The van der Waals surface area contributed by atoms with E-state index >= 15 is 0 Å². The molecule has 0 amide bonds. The van der Waals surface area contributed by atoms with Crippen LogP contribution in [-0.4, -0.2) is 19.5 Å². The highest BCUT2D eigenvalue weighted by molar-refractivity contribution is 6.12. The Morgan fingerprint density at radius 1 is 0.269 bits per heavy atom. The third-order valence-electron chi connectivity index (χ3n) is 12.4. The van der Waals surface area contributed by atoms with Gasteiger partial charge in [-0.05, 0) is 120 Å². The minimum atomic E-state index is 0.618. The maximum atomic E-state index is 5.02. The summed E-state index contributed by atoms with van der Waals surface area (Å²) in [5.41, 5.74) is 12.5. The molecular weight excluding hydrogens is 817 g/mol. The van der Waals surface area contributed by atoms with Gasteiger partial charge in [0.25, 0.3) is 0 Å². The lowest BCUT2D eigenvalue weighted by Gasteiger charge is -2.26. The molecule has 0 fully saturated rings. The molecule has 0 aliphatic rings.